The molecule has 2 unspecified atom stereocenters. The van der Waals surface area contributed by atoms with Crippen molar-refractivity contribution in [2.75, 3.05) is 13.7 Å². The van der Waals surface area contributed by atoms with E-state index in [1.54, 1.807) is 0 Å². The molecule has 0 aromatic heterocycles. The van der Waals surface area contributed by atoms with Crippen LogP contribution in [0.3, 0.4) is 0 Å². The normalized spacial score (nSPS) is 32.5. The molecule has 0 spiro atoms. The van der Waals surface area contributed by atoms with E-state index in [0.717, 1.165) is 12.5 Å². The van der Waals surface area contributed by atoms with Gasteiger partial charge in [-0.05, 0) is 38.6 Å². The Kier molecular flexibility index (Phi) is 3.23. The summed E-state index contributed by atoms with van der Waals surface area (Å²) in [5, 5.41) is 3.46. The Morgan fingerprint density at radius 2 is 1.92 bits per heavy atom. The van der Waals surface area contributed by atoms with Gasteiger partial charge in [0.15, 0.2) is 0 Å². The third-order valence-electron chi connectivity index (χ3n) is 3.61. The number of ether oxygens (including phenoxy) is 1. The van der Waals surface area contributed by atoms with Crippen molar-refractivity contribution in [3.05, 3.63) is 0 Å². The molecule has 13 heavy (non-hydrogen) atoms. The van der Waals surface area contributed by atoms with Crippen LogP contribution in [0.1, 0.15) is 38.5 Å². The van der Waals surface area contributed by atoms with Gasteiger partial charge >= 0.3 is 0 Å². The first-order valence-electron chi connectivity index (χ1n) is 5.70. The fourth-order valence-electron chi connectivity index (χ4n) is 2.93. The minimum absolute atomic E-state index is 0.507. The molecule has 2 rings (SSSR count). The van der Waals surface area contributed by atoms with E-state index in [1.807, 2.05) is 0 Å². The summed E-state index contributed by atoms with van der Waals surface area (Å²) in [4.78, 5) is 0. The molecule has 2 nitrogen and oxygen atoms in total. The highest BCUT2D eigenvalue weighted by Gasteiger charge is 2.32. The van der Waals surface area contributed by atoms with E-state index in [4.69, 9.17) is 4.74 Å². The second kappa shape index (κ2) is 4.43. The smallest absolute Gasteiger partial charge is 0.0731 e. The van der Waals surface area contributed by atoms with Gasteiger partial charge in [0.25, 0.3) is 0 Å². The van der Waals surface area contributed by atoms with Gasteiger partial charge in [0.2, 0.25) is 0 Å². The number of rotatable bonds is 3. The third kappa shape index (κ3) is 2.05. The Hall–Kier alpha value is -0.0800. The highest BCUT2D eigenvalue weighted by Crippen LogP contribution is 2.32. The molecule has 1 N–H and O–H groups in total. The van der Waals surface area contributed by atoms with Gasteiger partial charge in [0, 0.05) is 12.6 Å². The lowest BCUT2D eigenvalue weighted by atomic mass is 9.92. The minimum Gasteiger partial charge on any atom is -0.377 e. The van der Waals surface area contributed by atoms with Crippen LogP contribution < -0.4 is 5.32 Å². The number of hydrogen-bond acceptors (Lipinski definition) is 2. The molecule has 0 bridgehead atoms. The van der Waals surface area contributed by atoms with Gasteiger partial charge in [0.05, 0.1) is 6.10 Å². The molecule has 1 aliphatic heterocycles. The Morgan fingerprint density at radius 1 is 1.15 bits per heavy atom. The molecular formula is C11H21NO. The number of hydrogen-bond donors (Lipinski definition) is 1. The zero-order valence-corrected chi connectivity index (χ0v) is 8.59. The fraction of sp³-hybridized carbons (Fsp3) is 1.00. The summed E-state index contributed by atoms with van der Waals surface area (Å²) in [6.45, 7) is 0.982. The molecular weight excluding hydrogens is 162 g/mol. The van der Waals surface area contributed by atoms with Gasteiger partial charge in [-0.25, -0.2) is 0 Å². The molecule has 76 valence electrons. The molecule has 1 heterocycles. The van der Waals surface area contributed by atoms with E-state index in [-0.39, 0.29) is 0 Å². The molecule has 0 aromatic carbocycles. The molecule has 1 saturated carbocycles. The first-order chi connectivity index (χ1) is 6.42. The maximum absolute atomic E-state index is 5.76. The van der Waals surface area contributed by atoms with Gasteiger partial charge in [-0.1, -0.05) is 12.8 Å². The molecule has 2 fully saturated rings. The molecule has 1 aliphatic carbocycles. The zero-order valence-electron chi connectivity index (χ0n) is 8.59. The third-order valence-corrected chi connectivity index (χ3v) is 3.61. The van der Waals surface area contributed by atoms with Gasteiger partial charge in [0.1, 0.15) is 0 Å². The lowest BCUT2D eigenvalue weighted by Gasteiger charge is -2.28. The van der Waals surface area contributed by atoms with Crippen molar-refractivity contribution in [3.63, 3.8) is 0 Å². The van der Waals surface area contributed by atoms with Crippen LogP contribution in [0.15, 0.2) is 0 Å². The SMILES string of the molecule is CNC(C1CCCC1)C1CCCO1. The molecule has 2 atom stereocenters. The molecule has 1 saturated heterocycles. The zero-order chi connectivity index (χ0) is 9.10. The molecule has 0 amide bonds. The topological polar surface area (TPSA) is 21.3 Å². The monoisotopic (exact) mass is 183 g/mol. The summed E-state index contributed by atoms with van der Waals surface area (Å²) >= 11 is 0. The number of nitrogens with one attached hydrogen (secondary N) is 1. The van der Waals surface area contributed by atoms with Crippen molar-refractivity contribution in [2.24, 2.45) is 5.92 Å². The Bertz CT molecular complexity index is 132. The average molecular weight is 183 g/mol. The van der Waals surface area contributed by atoms with Gasteiger partial charge in [-0.15, -0.1) is 0 Å². The Morgan fingerprint density at radius 3 is 2.46 bits per heavy atom. The van der Waals surface area contributed by atoms with E-state index in [0.29, 0.717) is 12.1 Å². The maximum atomic E-state index is 5.76. The van der Waals surface area contributed by atoms with Crippen LogP contribution in [0.4, 0.5) is 0 Å². The van der Waals surface area contributed by atoms with Gasteiger partial charge in [-0.2, -0.15) is 0 Å². The van der Waals surface area contributed by atoms with E-state index in [1.165, 1.54) is 38.5 Å². The van der Waals surface area contributed by atoms with Crippen LogP contribution in [-0.4, -0.2) is 25.8 Å². The standard InChI is InChI=1S/C11H21NO/c1-12-11(9-5-2-3-6-9)10-7-4-8-13-10/h9-12H,2-8H2,1H3. The summed E-state index contributed by atoms with van der Waals surface area (Å²) in [6, 6.07) is 0.630. The summed E-state index contributed by atoms with van der Waals surface area (Å²) in [7, 11) is 2.09. The largest absolute Gasteiger partial charge is 0.377 e. The molecule has 2 heteroatoms. The van der Waals surface area contributed by atoms with Crippen LogP contribution in [0.5, 0.6) is 0 Å². The minimum atomic E-state index is 0.507. The molecule has 2 aliphatic rings. The van der Waals surface area contributed by atoms with Crippen molar-refractivity contribution >= 4 is 0 Å². The highest BCUT2D eigenvalue weighted by molar-refractivity contribution is 4.87. The van der Waals surface area contributed by atoms with Crippen molar-refractivity contribution in [3.8, 4) is 0 Å². The van der Waals surface area contributed by atoms with E-state index >= 15 is 0 Å². The van der Waals surface area contributed by atoms with Gasteiger partial charge in [-0.3, -0.25) is 0 Å². The second-order valence-corrected chi connectivity index (χ2v) is 4.41. The average Bonchev–Trinajstić information content (AvgIpc) is 2.76. The van der Waals surface area contributed by atoms with Crippen molar-refractivity contribution in [1.82, 2.24) is 5.32 Å². The summed E-state index contributed by atoms with van der Waals surface area (Å²) in [5.41, 5.74) is 0. The molecule has 0 radical (unpaired) electrons. The lowest BCUT2D eigenvalue weighted by Crippen LogP contribution is -2.42. The van der Waals surface area contributed by atoms with Crippen LogP contribution in [0.2, 0.25) is 0 Å². The van der Waals surface area contributed by atoms with Crippen molar-refractivity contribution in [1.29, 1.82) is 0 Å². The van der Waals surface area contributed by atoms with E-state index in [9.17, 15) is 0 Å². The van der Waals surface area contributed by atoms with E-state index in [2.05, 4.69) is 12.4 Å². The predicted octanol–water partition coefficient (Wildman–Crippen LogP) is 1.94. The summed E-state index contributed by atoms with van der Waals surface area (Å²) in [6.07, 6.45) is 8.70. The predicted molar refractivity (Wildman–Crippen MR) is 53.8 cm³/mol. The fourth-order valence-corrected chi connectivity index (χ4v) is 2.93. The molecule has 0 aromatic rings. The van der Waals surface area contributed by atoms with E-state index < -0.39 is 0 Å². The van der Waals surface area contributed by atoms with Gasteiger partial charge < -0.3 is 10.1 Å². The summed E-state index contributed by atoms with van der Waals surface area (Å²) in [5.74, 6) is 0.882. The first kappa shape index (κ1) is 9.47. The first-order valence-corrected chi connectivity index (χ1v) is 5.70. The summed E-state index contributed by atoms with van der Waals surface area (Å²) < 4.78 is 5.76. The maximum Gasteiger partial charge on any atom is 0.0731 e. The number of likely N-dealkylation sites (N-methyl/N-ethyl adjacent to an activating group) is 1. The lowest BCUT2D eigenvalue weighted by molar-refractivity contribution is 0.0614. The Labute approximate surface area is 81.0 Å². The van der Waals surface area contributed by atoms with Crippen LogP contribution >= 0.6 is 0 Å². The van der Waals surface area contributed by atoms with Crippen molar-refractivity contribution < 1.29 is 4.74 Å². The quantitative estimate of drug-likeness (QED) is 0.722. The highest BCUT2D eigenvalue weighted by atomic mass is 16.5. The van der Waals surface area contributed by atoms with Crippen molar-refractivity contribution in [2.45, 2.75) is 50.7 Å². The Balaban J connectivity index is 1.90. The van der Waals surface area contributed by atoms with Crippen LogP contribution in [0.25, 0.3) is 0 Å². The van der Waals surface area contributed by atoms with Crippen LogP contribution in [-0.2, 0) is 4.74 Å². The van der Waals surface area contributed by atoms with Crippen LogP contribution in [0, 0.1) is 5.92 Å². The second-order valence-electron chi connectivity index (χ2n) is 4.41.